The van der Waals surface area contributed by atoms with Crippen LogP contribution in [0, 0.1) is 61.7 Å². The first-order valence-electron chi connectivity index (χ1n) is 43.9. The molecule has 4 heterocycles. The van der Waals surface area contributed by atoms with Crippen molar-refractivity contribution in [2.24, 2.45) is 0 Å². The van der Waals surface area contributed by atoms with E-state index in [2.05, 4.69) is 195 Å². The summed E-state index contributed by atoms with van der Waals surface area (Å²) in [7, 11) is 0. The van der Waals surface area contributed by atoms with E-state index in [0.29, 0.717) is 33.6 Å². The standard InChI is InChI=1S/C70H48N8.C38H32O4.C8H8N2.H3P/c1-5-43-9-29-55-59(33-43)75-63(71-55)47-13-21-51(22-14-47)67-37-68(52-23-15-48(16-24-52)64-72-56-30-10-44(6-2)34-60(56)76-64)40-69(38-67,53-25-17-49(18-26-53)65-73-57-31-11-45(7-3)35-61(57)77-65)42-70(39-67,41-68)54-27-19-50(20-28-54)66-74-58-32-12-46(8-4)36-62(58)78-66;39-17-27-1-9-31(10-2-27)35-21-36(32-11-3-28(18-40)4-12-32)24-37(22-35,33-13-5-29(19-41)6-14-33)26-38(23-35,25-36)34-15-7-30(20-42)8-16-34;1-2-6-3-4-7(9)8(10)5-6;/h1-4,9-36H,37-42H2,(H,71,75)(H,72,76)(H,73,77)(H,74,78);1-20H,21-26H2;1,3-5H,9-10H2;1H3. The molecule has 8 aliphatic carbocycles. The molecule has 8 aliphatic rings. The summed E-state index contributed by atoms with van der Waals surface area (Å²) < 4.78 is 0. The van der Waals surface area contributed by atoms with Crippen LogP contribution in [0.5, 0.6) is 0 Å². The Morgan fingerprint density at radius 1 is 0.237 bits per heavy atom. The fourth-order valence-electron chi connectivity index (χ4n) is 24.9. The number of nitrogens with zero attached hydrogens (tertiary/aromatic N) is 4. The second kappa shape index (κ2) is 32.2. The maximum atomic E-state index is 11.6. The normalized spacial score (nSPS) is 22.6. The molecule has 8 saturated carbocycles. The van der Waals surface area contributed by atoms with Crippen molar-refractivity contribution in [1.82, 2.24) is 39.9 Å². The summed E-state index contributed by atoms with van der Waals surface area (Å²) in [6.45, 7) is 0. The lowest BCUT2D eigenvalue weighted by atomic mass is 9.32. The van der Waals surface area contributed by atoms with E-state index in [-0.39, 0.29) is 53.2 Å². The van der Waals surface area contributed by atoms with Gasteiger partial charge in [0, 0.05) is 72.3 Å². The van der Waals surface area contributed by atoms with Gasteiger partial charge in [-0.15, -0.1) is 32.1 Å². The van der Waals surface area contributed by atoms with Crippen molar-refractivity contribution in [3.8, 4) is 107 Å². The number of nitrogens with one attached hydrogen (secondary N) is 4. The number of carbonyl (C=O) groups excluding carboxylic acids is 4. The third-order valence-corrected chi connectivity index (χ3v) is 29.7. The Balaban J connectivity index is 0.000000168. The number of carbonyl (C=O) groups is 4. The predicted octanol–water partition coefficient (Wildman–Crippen LogP) is 22.5. The second-order valence-electron chi connectivity index (χ2n) is 37.5. The highest BCUT2D eigenvalue weighted by molar-refractivity contribution is 6.92. The maximum Gasteiger partial charge on any atom is 0.150 e. The largest absolute Gasteiger partial charge is 0.397 e. The maximum absolute atomic E-state index is 11.6. The number of terminal acetylenes is 5. The van der Waals surface area contributed by atoms with E-state index in [9.17, 15) is 19.2 Å². The molecule has 15 heteroatoms. The number of fused-ring (bicyclic) bond motifs is 4. The van der Waals surface area contributed by atoms with E-state index < -0.39 is 0 Å². The monoisotopic (exact) mass is 1720 g/mol. The second-order valence-corrected chi connectivity index (χ2v) is 37.5. The minimum absolute atomic E-state index is 0. The molecule has 0 spiro atoms. The molecule has 17 aromatic rings. The van der Waals surface area contributed by atoms with Crippen molar-refractivity contribution < 1.29 is 19.2 Å². The molecule has 131 heavy (non-hydrogen) atoms. The quantitative estimate of drug-likeness (QED) is 0.0232. The Morgan fingerprint density at radius 3 is 0.588 bits per heavy atom. The highest BCUT2D eigenvalue weighted by Crippen LogP contribution is 2.77. The molecule has 0 aliphatic heterocycles. The summed E-state index contributed by atoms with van der Waals surface area (Å²) in [5, 5.41) is 0. The highest BCUT2D eigenvalue weighted by Gasteiger charge is 2.71. The lowest BCUT2D eigenvalue weighted by Gasteiger charge is -2.71. The molecule has 0 amide bonds. The van der Waals surface area contributed by atoms with E-state index in [1.807, 2.05) is 121 Å². The Morgan fingerprint density at radius 2 is 0.412 bits per heavy atom. The van der Waals surface area contributed by atoms with E-state index in [0.717, 1.165) is 220 Å². The molecule has 634 valence electrons. The number of imidazole rings is 4. The molecule has 8 fully saturated rings. The first-order chi connectivity index (χ1) is 63.2. The number of rotatable bonds is 16. The molecular formula is C116H91N10O4P. The van der Waals surface area contributed by atoms with Crippen molar-refractivity contribution in [1.29, 1.82) is 0 Å². The van der Waals surface area contributed by atoms with Gasteiger partial charge in [-0.05, 0) is 256 Å². The van der Waals surface area contributed by atoms with Crippen LogP contribution in [0.1, 0.15) is 191 Å². The van der Waals surface area contributed by atoms with Crippen molar-refractivity contribution in [2.75, 3.05) is 11.5 Å². The van der Waals surface area contributed by atoms with Crippen LogP contribution in [0.3, 0.4) is 0 Å². The average Bonchev–Trinajstić information content (AvgIpc) is 0.893. The number of nitrogen functional groups attached to an aromatic ring is 2. The summed E-state index contributed by atoms with van der Waals surface area (Å²) in [5.41, 5.74) is 39.1. The van der Waals surface area contributed by atoms with E-state index in [4.69, 9.17) is 63.5 Å². The third kappa shape index (κ3) is 14.5. The van der Waals surface area contributed by atoms with Crippen LogP contribution in [0.4, 0.5) is 11.4 Å². The summed E-state index contributed by atoms with van der Waals surface area (Å²) in [6.07, 6.45) is 43.7. The highest BCUT2D eigenvalue weighted by atomic mass is 31.0. The van der Waals surface area contributed by atoms with Gasteiger partial charge >= 0.3 is 0 Å². The van der Waals surface area contributed by atoms with Gasteiger partial charge in [0.15, 0.2) is 0 Å². The van der Waals surface area contributed by atoms with Crippen LogP contribution >= 0.6 is 9.90 Å². The number of aromatic nitrogens is 8. The van der Waals surface area contributed by atoms with Gasteiger partial charge in [-0.1, -0.05) is 224 Å². The van der Waals surface area contributed by atoms with Crippen LogP contribution in [-0.4, -0.2) is 65.0 Å². The van der Waals surface area contributed by atoms with Crippen LogP contribution in [0.2, 0.25) is 0 Å². The zero-order chi connectivity index (χ0) is 88.9. The van der Waals surface area contributed by atoms with Gasteiger partial charge < -0.3 is 31.4 Å². The molecule has 25 rings (SSSR count). The van der Waals surface area contributed by atoms with Gasteiger partial charge in [0.2, 0.25) is 0 Å². The van der Waals surface area contributed by atoms with Gasteiger partial charge in [-0.3, -0.25) is 19.2 Å². The van der Waals surface area contributed by atoms with Gasteiger partial charge in [0.1, 0.15) is 48.4 Å². The molecule has 1 atom stereocenters. The molecular weight excluding hydrogens is 1630 g/mol. The van der Waals surface area contributed by atoms with Gasteiger partial charge in [0.05, 0.1) is 55.5 Å². The Labute approximate surface area is 763 Å². The fraction of sp³-hybridized carbons (Fsp3) is 0.172. The topological polar surface area (TPSA) is 235 Å². The lowest BCUT2D eigenvalue weighted by Crippen LogP contribution is -2.67. The summed E-state index contributed by atoms with van der Waals surface area (Å²) in [4.78, 5) is 80.5. The van der Waals surface area contributed by atoms with Gasteiger partial charge in [0.25, 0.3) is 0 Å². The zero-order valence-corrected chi connectivity index (χ0v) is 73.5. The number of anilines is 2. The average molecular weight is 1720 g/mol. The molecule has 4 aromatic heterocycles. The molecule has 8 N–H and O–H groups in total. The van der Waals surface area contributed by atoms with Crippen molar-refractivity contribution in [2.45, 2.75) is 120 Å². The summed E-state index contributed by atoms with van der Waals surface area (Å²) >= 11 is 0. The fourth-order valence-corrected chi connectivity index (χ4v) is 24.9. The molecule has 8 bridgehead atoms. The number of H-pyrrole nitrogens is 4. The Bertz CT molecular complexity index is 6750. The van der Waals surface area contributed by atoms with Crippen LogP contribution in [0.25, 0.3) is 89.7 Å². The molecule has 0 radical (unpaired) electrons. The van der Waals surface area contributed by atoms with Gasteiger partial charge in [-0.25, -0.2) is 19.9 Å². The minimum atomic E-state index is -0.201. The minimum Gasteiger partial charge on any atom is -0.397 e. The summed E-state index contributed by atoms with van der Waals surface area (Å²) in [6, 6.07) is 98.7. The zero-order valence-electron chi connectivity index (χ0n) is 72.1. The number of aromatic amines is 4. The van der Waals surface area contributed by atoms with Crippen molar-refractivity contribution >= 4 is 90.6 Å². The first kappa shape index (κ1) is 83.5. The third-order valence-electron chi connectivity index (χ3n) is 29.7. The predicted molar refractivity (Wildman–Crippen MR) is 528 cm³/mol. The van der Waals surface area contributed by atoms with Crippen LogP contribution in [0.15, 0.2) is 285 Å². The lowest BCUT2D eigenvalue weighted by molar-refractivity contribution is -0.0694. The van der Waals surface area contributed by atoms with Crippen molar-refractivity contribution in [3.05, 3.63) is 380 Å². The number of aldehydes is 4. The number of hydrogen-bond donors (Lipinski definition) is 6. The SMILES string of the molecule is C#Cc1ccc(N)c(N)c1.C#Cc1ccc2nc(-c3ccc(C45CC6(c7ccc(-c8nc9ccc(C#C)cc9[nH]8)cc7)CC(c7ccc(-c8nc9ccc(C#C)cc9[nH]8)cc7)(C4)CC(c4ccc(-c7nc8ccc(C#C)cc8[nH]7)cc4)(C5)C6)cc3)[nH]c2c1.O=Cc1ccc(C23CC4(c5ccc(C=O)cc5)CC(c5ccc(C=O)cc5)(C2)CC(c2ccc(C=O)cc2)(C3)C4)cc1.P. The number of benzene rings is 13. The molecule has 13 aromatic carbocycles. The summed E-state index contributed by atoms with van der Waals surface area (Å²) in [5.74, 6) is 16.8. The molecule has 1 unspecified atom stereocenters. The van der Waals surface area contributed by atoms with Crippen molar-refractivity contribution in [3.63, 3.8) is 0 Å². The van der Waals surface area contributed by atoms with E-state index >= 15 is 0 Å². The van der Waals surface area contributed by atoms with Crippen LogP contribution < -0.4 is 11.5 Å². The van der Waals surface area contributed by atoms with E-state index in [1.54, 1.807) is 18.2 Å². The first-order valence-corrected chi connectivity index (χ1v) is 43.9. The van der Waals surface area contributed by atoms with E-state index in [1.165, 1.54) is 44.5 Å². The van der Waals surface area contributed by atoms with Gasteiger partial charge in [-0.2, -0.15) is 9.90 Å². The molecule has 0 saturated heterocycles. The Hall–Kier alpha value is -15.8. The number of hydrogen-bond acceptors (Lipinski definition) is 10. The molecule has 14 nitrogen and oxygen atoms in total. The number of nitrogens with two attached hydrogens (primary N) is 2. The van der Waals surface area contributed by atoms with Crippen LogP contribution in [-0.2, 0) is 43.3 Å². The smallest absolute Gasteiger partial charge is 0.150 e. The Kier molecular flexibility index (Phi) is 20.5.